The van der Waals surface area contributed by atoms with E-state index in [1.807, 2.05) is 26.0 Å². The molecule has 0 radical (unpaired) electrons. The van der Waals surface area contributed by atoms with Gasteiger partial charge in [-0.2, -0.15) is 10.2 Å². The van der Waals surface area contributed by atoms with Gasteiger partial charge in [0.2, 0.25) is 0 Å². The summed E-state index contributed by atoms with van der Waals surface area (Å²) in [5.74, 6) is 1.32. The second-order valence-electron chi connectivity index (χ2n) is 6.23. The molecule has 0 aliphatic carbocycles. The minimum atomic E-state index is 0.614. The van der Waals surface area contributed by atoms with Crippen LogP contribution in [0.4, 0.5) is 11.5 Å². The van der Waals surface area contributed by atoms with Gasteiger partial charge in [0.25, 0.3) is 0 Å². The third kappa shape index (κ3) is 4.49. The van der Waals surface area contributed by atoms with Crippen molar-refractivity contribution in [3.63, 3.8) is 0 Å². The van der Waals surface area contributed by atoms with Crippen molar-refractivity contribution >= 4 is 17.7 Å². The number of aromatic nitrogens is 4. The van der Waals surface area contributed by atoms with E-state index in [2.05, 4.69) is 68.6 Å². The molecule has 0 bridgehead atoms. The van der Waals surface area contributed by atoms with E-state index in [4.69, 9.17) is 0 Å². The highest BCUT2D eigenvalue weighted by molar-refractivity contribution is 5.80. The molecule has 0 saturated carbocycles. The first-order chi connectivity index (χ1) is 13.1. The maximum Gasteiger partial charge on any atom is 0.159 e. The molecular formula is C20H25N7. The summed E-state index contributed by atoms with van der Waals surface area (Å²) in [6, 6.07) is 12.2. The van der Waals surface area contributed by atoms with Gasteiger partial charge in [0.1, 0.15) is 6.33 Å². The smallest absolute Gasteiger partial charge is 0.159 e. The molecule has 1 N–H and O–H groups in total. The third-order valence-corrected chi connectivity index (χ3v) is 4.29. The first kappa shape index (κ1) is 18.6. The van der Waals surface area contributed by atoms with E-state index >= 15 is 0 Å². The predicted octanol–water partition coefficient (Wildman–Crippen LogP) is 3.57. The number of hydrogen-bond donors (Lipinski definition) is 1. The summed E-state index contributed by atoms with van der Waals surface area (Å²) in [6.07, 6.45) is 3.28. The molecule has 0 unspecified atom stereocenters. The SMILES string of the molecule is CCN(CC)c1ccc(/C=N/Nc2cc(-n3nc(C)cc3C)ncn2)cc1. The van der Waals surface area contributed by atoms with Crippen LogP contribution >= 0.6 is 0 Å². The fraction of sp³-hybridized carbons (Fsp3) is 0.300. The number of benzene rings is 1. The molecule has 0 saturated heterocycles. The fourth-order valence-corrected chi connectivity index (χ4v) is 2.92. The van der Waals surface area contributed by atoms with Crippen molar-refractivity contribution in [2.75, 3.05) is 23.4 Å². The topological polar surface area (TPSA) is 71.2 Å². The Kier molecular flexibility index (Phi) is 5.80. The molecule has 1 aromatic carbocycles. The van der Waals surface area contributed by atoms with Gasteiger partial charge in [-0.1, -0.05) is 12.1 Å². The number of rotatable bonds is 7. The standard InChI is InChI=1S/C20H25N7/c1-5-26(6-2)18-9-7-17(8-10-18)13-23-24-19-12-20(22-14-21-19)27-16(4)11-15(3)25-27/h7-14H,5-6H2,1-4H3,(H,21,22,24)/b23-13+. The molecule has 0 amide bonds. The molecule has 0 atom stereocenters. The summed E-state index contributed by atoms with van der Waals surface area (Å²) >= 11 is 0. The van der Waals surface area contributed by atoms with Gasteiger partial charge in [-0.15, -0.1) is 0 Å². The molecule has 0 aliphatic heterocycles. The summed E-state index contributed by atoms with van der Waals surface area (Å²) in [7, 11) is 0. The lowest BCUT2D eigenvalue weighted by molar-refractivity contribution is 0.801. The van der Waals surface area contributed by atoms with Crippen molar-refractivity contribution < 1.29 is 0 Å². The lowest BCUT2D eigenvalue weighted by Crippen LogP contribution is -2.21. The molecule has 3 rings (SSSR count). The Labute approximate surface area is 159 Å². The fourth-order valence-electron chi connectivity index (χ4n) is 2.92. The van der Waals surface area contributed by atoms with Crippen LogP contribution in [0.3, 0.4) is 0 Å². The molecule has 2 heterocycles. The molecule has 0 aliphatic rings. The summed E-state index contributed by atoms with van der Waals surface area (Å²) in [5.41, 5.74) is 7.17. The van der Waals surface area contributed by atoms with Gasteiger partial charge in [0, 0.05) is 30.5 Å². The molecule has 7 heteroatoms. The summed E-state index contributed by atoms with van der Waals surface area (Å²) in [6.45, 7) is 10.3. The Morgan fingerprint density at radius 3 is 2.44 bits per heavy atom. The molecule has 0 spiro atoms. The summed E-state index contributed by atoms with van der Waals surface area (Å²) in [4.78, 5) is 10.8. The number of hydrazone groups is 1. The number of hydrogen-bond acceptors (Lipinski definition) is 6. The summed E-state index contributed by atoms with van der Waals surface area (Å²) in [5, 5.41) is 8.72. The van der Waals surface area contributed by atoms with E-state index in [0.717, 1.165) is 30.0 Å². The monoisotopic (exact) mass is 363 g/mol. The first-order valence-electron chi connectivity index (χ1n) is 9.10. The molecular weight excluding hydrogens is 338 g/mol. The lowest BCUT2D eigenvalue weighted by atomic mass is 10.2. The Morgan fingerprint density at radius 2 is 1.81 bits per heavy atom. The largest absolute Gasteiger partial charge is 0.372 e. The van der Waals surface area contributed by atoms with E-state index in [-0.39, 0.29) is 0 Å². The van der Waals surface area contributed by atoms with Crippen molar-refractivity contribution in [3.8, 4) is 5.82 Å². The highest BCUT2D eigenvalue weighted by atomic mass is 15.3. The Bertz CT molecular complexity index is 908. The van der Waals surface area contributed by atoms with Gasteiger partial charge in [-0.05, 0) is 51.5 Å². The molecule has 27 heavy (non-hydrogen) atoms. The Morgan fingerprint density at radius 1 is 1.07 bits per heavy atom. The van der Waals surface area contributed by atoms with Gasteiger partial charge < -0.3 is 4.90 Å². The van der Waals surface area contributed by atoms with Crippen LogP contribution in [-0.2, 0) is 0 Å². The predicted molar refractivity (Wildman–Crippen MR) is 110 cm³/mol. The zero-order valence-electron chi connectivity index (χ0n) is 16.2. The van der Waals surface area contributed by atoms with Gasteiger partial charge in [0.05, 0.1) is 11.9 Å². The first-order valence-corrected chi connectivity index (χ1v) is 9.10. The van der Waals surface area contributed by atoms with Gasteiger partial charge >= 0.3 is 0 Å². The number of nitrogens with one attached hydrogen (secondary N) is 1. The molecule has 2 aromatic heterocycles. The molecule has 0 fully saturated rings. The van der Waals surface area contributed by atoms with Gasteiger partial charge in [-0.25, -0.2) is 14.6 Å². The normalized spacial score (nSPS) is 11.1. The quantitative estimate of drug-likeness (QED) is 0.513. The Hall–Kier alpha value is -3.22. The third-order valence-electron chi connectivity index (χ3n) is 4.29. The van der Waals surface area contributed by atoms with E-state index in [0.29, 0.717) is 11.6 Å². The van der Waals surface area contributed by atoms with E-state index in [9.17, 15) is 0 Å². The van der Waals surface area contributed by atoms with Crippen molar-refractivity contribution in [1.82, 2.24) is 19.7 Å². The van der Waals surface area contributed by atoms with Crippen molar-refractivity contribution in [3.05, 3.63) is 59.7 Å². The zero-order chi connectivity index (χ0) is 19.2. The maximum absolute atomic E-state index is 4.44. The van der Waals surface area contributed by atoms with Crippen LogP contribution in [0.15, 0.2) is 47.8 Å². The highest BCUT2D eigenvalue weighted by Gasteiger charge is 2.06. The zero-order valence-corrected chi connectivity index (χ0v) is 16.2. The number of nitrogens with zero attached hydrogens (tertiary/aromatic N) is 6. The number of anilines is 2. The number of aryl methyl sites for hydroxylation is 2. The highest BCUT2D eigenvalue weighted by Crippen LogP contribution is 2.15. The molecule has 140 valence electrons. The van der Waals surface area contributed by atoms with E-state index < -0.39 is 0 Å². The van der Waals surface area contributed by atoms with Crippen molar-refractivity contribution in [2.45, 2.75) is 27.7 Å². The second kappa shape index (κ2) is 8.44. The van der Waals surface area contributed by atoms with Crippen LogP contribution in [0, 0.1) is 13.8 Å². The average Bonchev–Trinajstić information content (AvgIpc) is 3.02. The lowest BCUT2D eigenvalue weighted by Gasteiger charge is -2.20. The molecule has 7 nitrogen and oxygen atoms in total. The van der Waals surface area contributed by atoms with Crippen LogP contribution in [0.1, 0.15) is 30.8 Å². The van der Waals surface area contributed by atoms with Crippen LogP contribution in [0.25, 0.3) is 5.82 Å². The minimum Gasteiger partial charge on any atom is -0.372 e. The van der Waals surface area contributed by atoms with E-state index in [1.54, 1.807) is 10.9 Å². The molecule has 3 aromatic rings. The van der Waals surface area contributed by atoms with Crippen LogP contribution in [0.2, 0.25) is 0 Å². The van der Waals surface area contributed by atoms with Crippen LogP contribution < -0.4 is 10.3 Å². The minimum absolute atomic E-state index is 0.614. The van der Waals surface area contributed by atoms with E-state index in [1.165, 1.54) is 12.0 Å². The van der Waals surface area contributed by atoms with Gasteiger partial charge in [-0.3, -0.25) is 5.43 Å². The van der Waals surface area contributed by atoms with Gasteiger partial charge in [0.15, 0.2) is 11.6 Å². The average molecular weight is 363 g/mol. The van der Waals surface area contributed by atoms with Crippen molar-refractivity contribution in [2.24, 2.45) is 5.10 Å². The maximum atomic E-state index is 4.44. The summed E-state index contributed by atoms with van der Waals surface area (Å²) < 4.78 is 1.79. The van der Waals surface area contributed by atoms with Crippen LogP contribution in [0.5, 0.6) is 0 Å². The van der Waals surface area contributed by atoms with Crippen molar-refractivity contribution in [1.29, 1.82) is 0 Å². The Balaban J connectivity index is 1.68. The second-order valence-corrected chi connectivity index (χ2v) is 6.23. The van der Waals surface area contributed by atoms with Crippen LogP contribution in [-0.4, -0.2) is 39.1 Å².